The average Bonchev–Trinajstić information content (AvgIpc) is 3.16. The van der Waals surface area contributed by atoms with Crippen molar-refractivity contribution in [3.63, 3.8) is 0 Å². The van der Waals surface area contributed by atoms with Gasteiger partial charge >= 0.3 is 6.03 Å². The summed E-state index contributed by atoms with van der Waals surface area (Å²) in [6.45, 7) is 1.85. The molecule has 0 spiro atoms. The number of aromatic amines is 1. The molecule has 27 heavy (non-hydrogen) atoms. The van der Waals surface area contributed by atoms with Gasteiger partial charge in [0.15, 0.2) is 0 Å². The van der Waals surface area contributed by atoms with Gasteiger partial charge in [-0.1, -0.05) is 6.07 Å². The Labute approximate surface area is 162 Å². The third-order valence-electron chi connectivity index (χ3n) is 3.80. The Bertz CT molecular complexity index is 911. The van der Waals surface area contributed by atoms with Crippen molar-refractivity contribution in [2.45, 2.75) is 29.2 Å². The molecule has 0 bridgehead atoms. The van der Waals surface area contributed by atoms with Crippen LogP contribution in [0.1, 0.15) is 24.2 Å². The number of thioether (sulfide) groups is 1. The molecule has 0 aliphatic carbocycles. The van der Waals surface area contributed by atoms with Gasteiger partial charge in [0.2, 0.25) is 5.91 Å². The predicted molar refractivity (Wildman–Crippen MR) is 104 cm³/mol. The quantitative estimate of drug-likeness (QED) is 0.519. The van der Waals surface area contributed by atoms with Crippen LogP contribution >= 0.6 is 11.8 Å². The fourth-order valence-electron chi connectivity index (χ4n) is 2.44. The molecule has 0 radical (unpaired) electrons. The van der Waals surface area contributed by atoms with Crippen molar-refractivity contribution in [2.24, 2.45) is 0 Å². The van der Waals surface area contributed by atoms with Crippen LogP contribution in [0, 0.1) is 0 Å². The van der Waals surface area contributed by atoms with Crippen LogP contribution in [0.15, 0.2) is 46.3 Å². The number of carbonyl (C=O) groups excluding carboxylic acids is 2. The maximum atomic E-state index is 12.5. The summed E-state index contributed by atoms with van der Waals surface area (Å²) in [5.74, 6) is -0.239. The molecule has 10 heteroatoms. The second-order valence-corrected chi connectivity index (χ2v) is 8.26. The zero-order valence-electron chi connectivity index (χ0n) is 15.2. The molecule has 4 N–H and O–H groups in total. The van der Waals surface area contributed by atoms with E-state index in [1.54, 1.807) is 24.6 Å². The number of urea groups is 1. The zero-order valence-corrected chi connectivity index (χ0v) is 16.8. The Morgan fingerprint density at radius 3 is 2.59 bits per heavy atom. The monoisotopic (exact) mass is 410 g/mol. The van der Waals surface area contributed by atoms with Crippen LogP contribution in [-0.2, 0) is 21.2 Å². The summed E-state index contributed by atoms with van der Waals surface area (Å²) in [4.78, 5) is 27.2. The summed E-state index contributed by atoms with van der Waals surface area (Å²) < 4.78 is 26.9. The molecule has 0 aliphatic heterocycles. The molecule has 0 saturated carbocycles. The number of rotatable bonds is 7. The molecular weight excluding hydrogens is 388 g/mol. The number of sulfonamides is 1. The number of benzene rings is 1. The van der Waals surface area contributed by atoms with Crippen LogP contribution < -0.4 is 15.4 Å². The lowest BCUT2D eigenvalue weighted by Gasteiger charge is -2.14. The molecule has 1 aromatic heterocycles. The highest BCUT2D eigenvalue weighted by Crippen LogP contribution is 2.26. The number of H-pyrrole nitrogens is 1. The molecule has 0 fully saturated rings. The minimum absolute atomic E-state index is 0.0161. The van der Waals surface area contributed by atoms with Crippen molar-refractivity contribution in [1.82, 2.24) is 20.3 Å². The first-order valence-electron chi connectivity index (χ1n) is 8.11. The van der Waals surface area contributed by atoms with Gasteiger partial charge in [-0.2, -0.15) is 0 Å². The second-order valence-electron chi connectivity index (χ2n) is 5.76. The topological polar surface area (TPSA) is 120 Å². The van der Waals surface area contributed by atoms with E-state index in [2.05, 4.69) is 15.6 Å². The molecule has 1 atom stereocenters. The molecule has 0 aliphatic rings. The minimum Gasteiger partial charge on any atom is -0.363 e. The van der Waals surface area contributed by atoms with Crippen LogP contribution in [0.5, 0.6) is 0 Å². The fraction of sp³-hybridized carbons (Fsp3) is 0.294. The Morgan fingerprint density at radius 1 is 1.26 bits per heavy atom. The second kappa shape index (κ2) is 8.96. The summed E-state index contributed by atoms with van der Waals surface area (Å²) >= 11 is 1.24. The first-order valence-corrected chi connectivity index (χ1v) is 10.8. The van der Waals surface area contributed by atoms with E-state index in [4.69, 9.17) is 0 Å². The van der Waals surface area contributed by atoms with Gasteiger partial charge in [-0.3, -0.25) is 4.79 Å². The Morgan fingerprint density at radius 2 is 2.00 bits per heavy atom. The number of hydrogen-bond acceptors (Lipinski definition) is 5. The number of carbonyl (C=O) groups is 2. The molecule has 1 aromatic carbocycles. The van der Waals surface area contributed by atoms with Gasteiger partial charge in [0, 0.05) is 23.8 Å². The number of aromatic nitrogens is 1. The first kappa shape index (κ1) is 20.8. The number of hydrogen-bond donors (Lipinski definition) is 4. The van der Waals surface area contributed by atoms with E-state index in [1.807, 2.05) is 23.8 Å². The maximum Gasteiger partial charge on any atom is 0.328 e. The Hall–Kier alpha value is -2.46. The normalized spacial score (nSPS) is 12.3. The van der Waals surface area contributed by atoms with Crippen molar-refractivity contribution in [3.8, 4) is 0 Å². The minimum atomic E-state index is -4.05. The molecule has 3 amide bonds. The molecular formula is C17H22N4O4S2. The third-order valence-corrected chi connectivity index (χ3v) is 6.10. The van der Waals surface area contributed by atoms with Crippen LogP contribution in [0.3, 0.4) is 0 Å². The van der Waals surface area contributed by atoms with E-state index in [9.17, 15) is 18.0 Å². The predicted octanol–water partition coefficient (Wildman–Crippen LogP) is 1.77. The van der Waals surface area contributed by atoms with Crippen LogP contribution in [0.25, 0.3) is 0 Å². The molecule has 2 aromatic rings. The van der Waals surface area contributed by atoms with Crippen molar-refractivity contribution in [2.75, 3.05) is 13.3 Å². The Kier molecular flexibility index (Phi) is 6.92. The maximum absolute atomic E-state index is 12.5. The highest BCUT2D eigenvalue weighted by molar-refractivity contribution is 7.99. The van der Waals surface area contributed by atoms with E-state index in [1.165, 1.54) is 24.9 Å². The number of amides is 3. The molecule has 1 heterocycles. The van der Waals surface area contributed by atoms with E-state index in [-0.39, 0.29) is 23.3 Å². The first-order chi connectivity index (χ1) is 12.8. The standard InChI is InChI=1S/C17H22N4O4S2/c1-11(13-5-4-8-19-13)20-16(22)10-12-6-7-14(26-3)15(9-12)27(24,25)21-17(23)18-2/h4-9,11,19H,10H2,1-3H3,(H,20,22)(H2,18,21,23). The van der Waals surface area contributed by atoms with Gasteiger partial charge in [0.05, 0.1) is 12.5 Å². The van der Waals surface area contributed by atoms with Crippen LogP contribution in [-0.4, -0.2) is 38.6 Å². The van der Waals surface area contributed by atoms with E-state index in [0.717, 1.165) is 5.69 Å². The largest absolute Gasteiger partial charge is 0.363 e. The highest BCUT2D eigenvalue weighted by atomic mass is 32.2. The molecule has 1 unspecified atom stereocenters. The lowest BCUT2D eigenvalue weighted by atomic mass is 10.1. The average molecular weight is 411 g/mol. The lowest BCUT2D eigenvalue weighted by molar-refractivity contribution is -0.121. The summed E-state index contributed by atoms with van der Waals surface area (Å²) in [7, 11) is -2.72. The smallest absolute Gasteiger partial charge is 0.328 e. The van der Waals surface area contributed by atoms with Crippen molar-refractivity contribution in [3.05, 3.63) is 47.8 Å². The van der Waals surface area contributed by atoms with Gasteiger partial charge < -0.3 is 15.6 Å². The lowest BCUT2D eigenvalue weighted by Crippen LogP contribution is -2.37. The summed E-state index contributed by atoms with van der Waals surface area (Å²) in [6, 6.07) is 7.42. The molecule has 8 nitrogen and oxygen atoms in total. The zero-order chi connectivity index (χ0) is 20.0. The summed E-state index contributed by atoms with van der Waals surface area (Å²) in [5.41, 5.74) is 1.40. The Balaban J connectivity index is 2.18. The van der Waals surface area contributed by atoms with Crippen LogP contribution in [0.2, 0.25) is 0 Å². The van der Waals surface area contributed by atoms with E-state index < -0.39 is 16.1 Å². The van der Waals surface area contributed by atoms with E-state index >= 15 is 0 Å². The molecule has 146 valence electrons. The SMILES string of the molecule is CNC(=O)NS(=O)(=O)c1cc(CC(=O)NC(C)c2ccc[nH]2)ccc1SC. The van der Waals surface area contributed by atoms with Gasteiger partial charge in [0.1, 0.15) is 4.90 Å². The van der Waals surface area contributed by atoms with Gasteiger partial charge in [-0.05, 0) is 43.0 Å². The van der Waals surface area contributed by atoms with Crippen LogP contribution in [0.4, 0.5) is 4.79 Å². The third kappa shape index (κ3) is 5.51. The van der Waals surface area contributed by atoms with Crippen molar-refractivity contribution >= 4 is 33.7 Å². The summed E-state index contributed by atoms with van der Waals surface area (Å²) in [6.07, 6.45) is 3.52. The number of nitrogens with one attached hydrogen (secondary N) is 4. The fourth-order valence-corrected chi connectivity index (χ4v) is 4.58. The van der Waals surface area contributed by atoms with Gasteiger partial charge in [0.25, 0.3) is 10.0 Å². The summed E-state index contributed by atoms with van der Waals surface area (Å²) in [5, 5.41) is 5.06. The van der Waals surface area contributed by atoms with Gasteiger partial charge in [-0.15, -0.1) is 11.8 Å². The van der Waals surface area contributed by atoms with Crippen molar-refractivity contribution in [1.29, 1.82) is 0 Å². The molecule has 0 saturated heterocycles. The molecule has 2 rings (SSSR count). The highest BCUT2D eigenvalue weighted by Gasteiger charge is 2.22. The van der Waals surface area contributed by atoms with Gasteiger partial charge in [-0.25, -0.2) is 17.9 Å². The van der Waals surface area contributed by atoms with E-state index in [0.29, 0.717) is 10.5 Å². The van der Waals surface area contributed by atoms with Crippen molar-refractivity contribution < 1.29 is 18.0 Å².